The number of carboxylic acid groups (broad SMARTS) is 1. The van der Waals surface area contributed by atoms with Gasteiger partial charge in [-0.25, -0.2) is 0 Å². The molecule has 1 fully saturated rings. The molecule has 2 rings (SSSR count). The number of nitrogens with zero attached hydrogens (tertiary/aromatic N) is 3. The molecule has 0 spiro atoms. The molecule has 5 nitrogen and oxygen atoms in total. The molecule has 18 heavy (non-hydrogen) atoms. The van der Waals surface area contributed by atoms with Crippen LogP contribution in [0.5, 0.6) is 0 Å². The standard InChI is InChI=1S/C12H16ClN3O2/c1-2-12(11(17)18)5-7-16(8-6-12)10-4-3-9(13)14-15-10/h3-4H,2,5-8H2,1H3,(H,17,18). The van der Waals surface area contributed by atoms with Crippen LogP contribution in [0.2, 0.25) is 5.15 Å². The van der Waals surface area contributed by atoms with Crippen molar-refractivity contribution in [2.75, 3.05) is 18.0 Å². The minimum atomic E-state index is -0.688. The summed E-state index contributed by atoms with van der Waals surface area (Å²) in [6.07, 6.45) is 1.95. The van der Waals surface area contributed by atoms with Crippen LogP contribution < -0.4 is 4.90 Å². The summed E-state index contributed by atoms with van der Waals surface area (Å²) in [6, 6.07) is 3.51. The van der Waals surface area contributed by atoms with Crippen LogP contribution >= 0.6 is 11.6 Å². The molecule has 98 valence electrons. The van der Waals surface area contributed by atoms with Crippen molar-refractivity contribution < 1.29 is 9.90 Å². The summed E-state index contributed by atoms with van der Waals surface area (Å²) >= 11 is 5.69. The summed E-state index contributed by atoms with van der Waals surface area (Å²) in [5.74, 6) is 0.0707. The lowest BCUT2D eigenvalue weighted by molar-refractivity contribution is -0.150. The van der Waals surface area contributed by atoms with Crippen LogP contribution in [0, 0.1) is 5.41 Å². The van der Waals surface area contributed by atoms with Crippen molar-refractivity contribution in [3.8, 4) is 0 Å². The van der Waals surface area contributed by atoms with Crippen LogP contribution in [0.3, 0.4) is 0 Å². The first-order chi connectivity index (χ1) is 8.57. The van der Waals surface area contributed by atoms with Crippen molar-refractivity contribution in [3.63, 3.8) is 0 Å². The van der Waals surface area contributed by atoms with Gasteiger partial charge in [0.2, 0.25) is 0 Å². The summed E-state index contributed by atoms with van der Waals surface area (Å²) in [5.41, 5.74) is -0.573. The second-order valence-corrected chi connectivity index (χ2v) is 5.03. The molecule has 1 N–H and O–H groups in total. The van der Waals surface area contributed by atoms with Gasteiger partial charge in [-0.2, -0.15) is 0 Å². The van der Waals surface area contributed by atoms with Crippen LogP contribution in [0.15, 0.2) is 12.1 Å². The van der Waals surface area contributed by atoms with Crippen LogP contribution in [0.4, 0.5) is 5.82 Å². The van der Waals surface area contributed by atoms with E-state index < -0.39 is 11.4 Å². The predicted octanol–water partition coefficient (Wildman–Crippen LogP) is 2.21. The molecule has 6 heteroatoms. The third-order valence-electron chi connectivity index (χ3n) is 3.79. The number of hydrogen-bond acceptors (Lipinski definition) is 4. The molecule has 1 aliphatic heterocycles. The van der Waals surface area contributed by atoms with E-state index in [1.807, 2.05) is 13.0 Å². The van der Waals surface area contributed by atoms with E-state index in [0.29, 0.717) is 37.5 Å². The van der Waals surface area contributed by atoms with Crippen molar-refractivity contribution in [2.45, 2.75) is 26.2 Å². The molecule has 0 aliphatic carbocycles. The third-order valence-corrected chi connectivity index (χ3v) is 3.99. The molecule has 2 heterocycles. The number of hydrogen-bond donors (Lipinski definition) is 1. The Bertz CT molecular complexity index is 427. The zero-order valence-corrected chi connectivity index (χ0v) is 11.0. The fraction of sp³-hybridized carbons (Fsp3) is 0.583. The molecular weight excluding hydrogens is 254 g/mol. The van der Waals surface area contributed by atoms with Crippen molar-refractivity contribution in [3.05, 3.63) is 17.3 Å². The Morgan fingerprint density at radius 2 is 2.11 bits per heavy atom. The maximum absolute atomic E-state index is 11.3. The lowest BCUT2D eigenvalue weighted by Crippen LogP contribution is -2.44. The molecule has 1 aromatic heterocycles. The molecule has 0 aromatic carbocycles. The number of aliphatic carboxylic acids is 1. The van der Waals surface area contributed by atoms with Gasteiger partial charge < -0.3 is 10.0 Å². The van der Waals surface area contributed by atoms with Gasteiger partial charge in [0.05, 0.1) is 5.41 Å². The number of carboxylic acids is 1. The zero-order valence-electron chi connectivity index (χ0n) is 10.3. The van der Waals surface area contributed by atoms with Crippen LogP contribution in [-0.2, 0) is 4.79 Å². The van der Waals surface area contributed by atoms with Gasteiger partial charge in [-0.05, 0) is 31.4 Å². The molecule has 0 bridgehead atoms. The molecule has 1 aromatic rings. The highest BCUT2D eigenvalue weighted by Crippen LogP contribution is 2.36. The second-order valence-electron chi connectivity index (χ2n) is 4.64. The van der Waals surface area contributed by atoms with E-state index in [1.165, 1.54) is 0 Å². The minimum absolute atomic E-state index is 0.365. The van der Waals surface area contributed by atoms with Gasteiger partial charge in [-0.15, -0.1) is 10.2 Å². The number of carbonyl (C=O) groups is 1. The van der Waals surface area contributed by atoms with E-state index in [2.05, 4.69) is 15.1 Å². The molecule has 1 aliphatic rings. The summed E-state index contributed by atoms with van der Waals surface area (Å²) < 4.78 is 0. The van der Waals surface area contributed by atoms with Crippen molar-refractivity contribution in [1.82, 2.24) is 10.2 Å². The Balaban J connectivity index is 2.06. The van der Waals surface area contributed by atoms with Crippen molar-refractivity contribution in [1.29, 1.82) is 0 Å². The van der Waals surface area contributed by atoms with Gasteiger partial charge in [-0.3, -0.25) is 4.79 Å². The molecule has 0 saturated carbocycles. The number of aromatic nitrogens is 2. The van der Waals surface area contributed by atoms with Gasteiger partial charge in [-0.1, -0.05) is 18.5 Å². The molecule has 1 saturated heterocycles. The summed E-state index contributed by atoms with van der Waals surface area (Å²) in [7, 11) is 0. The highest BCUT2D eigenvalue weighted by molar-refractivity contribution is 6.29. The monoisotopic (exact) mass is 269 g/mol. The van der Waals surface area contributed by atoms with E-state index >= 15 is 0 Å². The molecule has 0 atom stereocenters. The van der Waals surface area contributed by atoms with E-state index in [9.17, 15) is 9.90 Å². The quantitative estimate of drug-likeness (QED) is 0.911. The predicted molar refractivity (Wildman–Crippen MR) is 68.8 cm³/mol. The van der Waals surface area contributed by atoms with Crippen LogP contribution in [-0.4, -0.2) is 34.4 Å². The maximum Gasteiger partial charge on any atom is 0.309 e. The Hall–Kier alpha value is -1.36. The molecule has 0 amide bonds. The lowest BCUT2D eigenvalue weighted by atomic mass is 9.76. The maximum atomic E-state index is 11.3. The van der Waals surface area contributed by atoms with Crippen molar-refractivity contribution >= 4 is 23.4 Å². The number of piperidine rings is 1. The number of rotatable bonds is 3. The third kappa shape index (κ3) is 2.41. The zero-order chi connectivity index (χ0) is 13.2. The summed E-state index contributed by atoms with van der Waals surface area (Å²) in [6.45, 7) is 3.32. The summed E-state index contributed by atoms with van der Waals surface area (Å²) in [4.78, 5) is 13.4. The fourth-order valence-electron chi connectivity index (χ4n) is 2.36. The molecular formula is C12H16ClN3O2. The average Bonchev–Trinajstić information content (AvgIpc) is 2.39. The van der Waals surface area contributed by atoms with E-state index in [-0.39, 0.29) is 0 Å². The van der Waals surface area contributed by atoms with E-state index in [1.54, 1.807) is 6.07 Å². The van der Waals surface area contributed by atoms with Gasteiger partial charge in [0, 0.05) is 13.1 Å². The first kappa shape index (κ1) is 13.1. The smallest absolute Gasteiger partial charge is 0.309 e. The normalized spacial score (nSPS) is 18.7. The highest BCUT2D eigenvalue weighted by atomic mass is 35.5. The first-order valence-electron chi connectivity index (χ1n) is 6.05. The van der Waals surface area contributed by atoms with Crippen LogP contribution in [0.25, 0.3) is 0 Å². The Kier molecular flexibility index (Phi) is 3.71. The number of halogens is 1. The average molecular weight is 270 g/mol. The van der Waals surface area contributed by atoms with Crippen molar-refractivity contribution in [2.24, 2.45) is 5.41 Å². The van der Waals surface area contributed by atoms with Gasteiger partial charge >= 0.3 is 5.97 Å². The number of anilines is 1. The SMILES string of the molecule is CCC1(C(=O)O)CCN(c2ccc(Cl)nn2)CC1. The first-order valence-corrected chi connectivity index (χ1v) is 6.43. The lowest BCUT2D eigenvalue weighted by Gasteiger charge is -2.38. The Labute approximate surface area is 111 Å². The Morgan fingerprint density at radius 3 is 2.56 bits per heavy atom. The molecule has 0 radical (unpaired) electrons. The van der Waals surface area contributed by atoms with Gasteiger partial charge in [0.15, 0.2) is 11.0 Å². The highest BCUT2D eigenvalue weighted by Gasteiger charge is 2.40. The Morgan fingerprint density at radius 1 is 1.44 bits per heavy atom. The largest absolute Gasteiger partial charge is 0.481 e. The van der Waals surface area contributed by atoms with E-state index in [0.717, 1.165) is 5.82 Å². The van der Waals surface area contributed by atoms with Crippen LogP contribution in [0.1, 0.15) is 26.2 Å². The second kappa shape index (κ2) is 5.10. The minimum Gasteiger partial charge on any atom is -0.481 e. The van der Waals surface area contributed by atoms with E-state index in [4.69, 9.17) is 11.6 Å². The van der Waals surface area contributed by atoms with Gasteiger partial charge in [0.1, 0.15) is 0 Å². The molecule has 0 unspecified atom stereocenters. The summed E-state index contributed by atoms with van der Waals surface area (Å²) in [5, 5.41) is 17.5. The fourth-order valence-corrected chi connectivity index (χ4v) is 2.46. The van der Waals surface area contributed by atoms with Gasteiger partial charge in [0.25, 0.3) is 0 Å². The topological polar surface area (TPSA) is 66.3 Å².